The number of rotatable bonds is 16. The largest absolute Gasteiger partial charge is 0.486 e. The predicted molar refractivity (Wildman–Crippen MR) is 162 cm³/mol. The van der Waals surface area contributed by atoms with Crippen LogP contribution < -0.4 is 4.74 Å². The molecule has 0 aliphatic carbocycles. The van der Waals surface area contributed by atoms with Crippen molar-refractivity contribution in [1.82, 2.24) is 4.57 Å². The van der Waals surface area contributed by atoms with Gasteiger partial charge in [0, 0.05) is 36.0 Å². The fraction of sp³-hybridized carbons (Fsp3) is 0.486. The first kappa shape index (κ1) is 31.2. The highest BCUT2D eigenvalue weighted by molar-refractivity contribution is 6.10. The van der Waals surface area contributed by atoms with Crippen molar-refractivity contribution in [1.29, 1.82) is 0 Å². The monoisotopic (exact) mass is 545 g/mol. The first-order valence-electron chi connectivity index (χ1n) is 15.0. The SMILES string of the molecule is CCCCC(Oc1ccc(C(=O)c2cc(CC)n(C)c2CCCC(=O)OCC)cc1)c1ccc(CC(C)C)cc1. The summed E-state index contributed by atoms with van der Waals surface area (Å²) in [5, 5.41) is 0. The maximum absolute atomic E-state index is 13.6. The molecule has 1 atom stereocenters. The molecule has 1 heterocycles. The Morgan fingerprint density at radius 3 is 2.23 bits per heavy atom. The van der Waals surface area contributed by atoms with Crippen molar-refractivity contribution >= 4 is 11.8 Å². The lowest BCUT2D eigenvalue weighted by Gasteiger charge is -2.20. The van der Waals surface area contributed by atoms with E-state index in [2.05, 4.69) is 56.5 Å². The van der Waals surface area contributed by atoms with Gasteiger partial charge in [0.15, 0.2) is 5.78 Å². The highest BCUT2D eigenvalue weighted by atomic mass is 16.5. The van der Waals surface area contributed by atoms with Gasteiger partial charge in [-0.05, 0) is 92.8 Å². The minimum atomic E-state index is -0.195. The number of ketones is 1. The molecule has 0 saturated heterocycles. The van der Waals surface area contributed by atoms with E-state index in [4.69, 9.17) is 9.47 Å². The zero-order chi connectivity index (χ0) is 29.1. The molecule has 1 unspecified atom stereocenters. The summed E-state index contributed by atoms with van der Waals surface area (Å²) < 4.78 is 13.6. The summed E-state index contributed by atoms with van der Waals surface area (Å²) in [6.07, 6.45) is 6.65. The standard InChI is InChI=1S/C35H47NO4/c1-7-10-13-33(27-17-15-26(16-18-27)23-25(4)5)40-30-21-19-28(20-22-30)35(38)31-24-29(8-2)36(6)32(31)12-11-14-34(37)39-9-3/h15-22,24-25,33H,7-14,23H2,1-6H3. The Hall–Kier alpha value is -3.34. The Morgan fingerprint density at radius 1 is 0.925 bits per heavy atom. The lowest BCUT2D eigenvalue weighted by Crippen LogP contribution is -2.10. The number of aromatic nitrogens is 1. The van der Waals surface area contributed by atoms with E-state index in [-0.39, 0.29) is 17.9 Å². The van der Waals surface area contributed by atoms with E-state index in [9.17, 15) is 9.59 Å². The molecule has 0 spiro atoms. The van der Waals surface area contributed by atoms with E-state index in [1.165, 1.54) is 11.1 Å². The van der Waals surface area contributed by atoms with Crippen LogP contribution in [0.3, 0.4) is 0 Å². The minimum Gasteiger partial charge on any atom is -0.486 e. The number of unbranched alkanes of at least 4 members (excludes halogenated alkanes) is 1. The van der Waals surface area contributed by atoms with Crippen molar-refractivity contribution in [2.75, 3.05) is 6.61 Å². The molecule has 5 nitrogen and oxygen atoms in total. The topological polar surface area (TPSA) is 57.5 Å². The van der Waals surface area contributed by atoms with Crippen LogP contribution in [0.15, 0.2) is 54.6 Å². The second-order valence-corrected chi connectivity index (χ2v) is 11.0. The zero-order valence-electron chi connectivity index (χ0n) is 25.3. The molecule has 2 aromatic carbocycles. The fourth-order valence-corrected chi connectivity index (χ4v) is 5.20. The van der Waals surface area contributed by atoms with Gasteiger partial charge in [0.2, 0.25) is 0 Å². The van der Waals surface area contributed by atoms with Crippen molar-refractivity contribution in [3.05, 3.63) is 88.2 Å². The molecule has 0 radical (unpaired) electrons. The summed E-state index contributed by atoms with van der Waals surface area (Å²) in [6, 6.07) is 18.4. The smallest absolute Gasteiger partial charge is 0.305 e. The number of hydrogen-bond donors (Lipinski definition) is 0. The number of carbonyl (C=O) groups is 2. The van der Waals surface area contributed by atoms with Gasteiger partial charge in [-0.3, -0.25) is 9.59 Å². The first-order valence-corrected chi connectivity index (χ1v) is 15.0. The Morgan fingerprint density at radius 2 is 1.62 bits per heavy atom. The fourth-order valence-electron chi connectivity index (χ4n) is 5.20. The third kappa shape index (κ3) is 8.58. The zero-order valence-corrected chi connectivity index (χ0v) is 25.3. The highest BCUT2D eigenvalue weighted by Gasteiger charge is 2.20. The van der Waals surface area contributed by atoms with Crippen molar-refractivity contribution < 1.29 is 19.1 Å². The van der Waals surface area contributed by atoms with Crippen LogP contribution in [0.4, 0.5) is 0 Å². The van der Waals surface area contributed by atoms with E-state index in [1.54, 1.807) is 0 Å². The molecule has 0 fully saturated rings. The molecule has 3 rings (SSSR count). The Kier molecular flexibility index (Phi) is 12.0. The van der Waals surface area contributed by atoms with Gasteiger partial charge in [0.25, 0.3) is 0 Å². The maximum atomic E-state index is 13.6. The average Bonchev–Trinajstić information content (AvgIpc) is 3.26. The Balaban J connectivity index is 1.75. The van der Waals surface area contributed by atoms with E-state index in [0.717, 1.165) is 49.2 Å². The number of nitrogens with zero attached hydrogens (tertiary/aromatic N) is 1. The summed E-state index contributed by atoms with van der Waals surface area (Å²) in [6.45, 7) is 11.0. The molecule has 40 heavy (non-hydrogen) atoms. The second-order valence-electron chi connectivity index (χ2n) is 11.0. The van der Waals surface area contributed by atoms with Crippen molar-refractivity contribution in [2.45, 2.75) is 92.1 Å². The van der Waals surface area contributed by atoms with Gasteiger partial charge in [0.1, 0.15) is 11.9 Å². The van der Waals surface area contributed by atoms with Crippen LogP contribution in [0, 0.1) is 5.92 Å². The van der Waals surface area contributed by atoms with E-state index < -0.39 is 0 Å². The maximum Gasteiger partial charge on any atom is 0.305 e. The first-order chi connectivity index (χ1) is 19.3. The number of benzene rings is 2. The van der Waals surface area contributed by atoms with Crippen LogP contribution in [0.5, 0.6) is 5.75 Å². The molecule has 0 saturated carbocycles. The number of ether oxygens (including phenoxy) is 2. The van der Waals surface area contributed by atoms with Crippen LogP contribution >= 0.6 is 0 Å². The molecule has 0 aliphatic heterocycles. The van der Waals surface area contributed by atoms with E-state index >= 15 is 0 Å². The Bertz CT molecular complexity index is 1220. The molecular weight excluding hydrogens is 498 g/mol. The minimum absolute atomic E-state index is 0.00346. The van der Waals surface area contributed by atoms with Gasteiger partial charge in [0.05, 0.1) is 6.61 Å². The van der Waals surface area contributed by atoms with Gasteiger partial charge in [-0.25, -0.2) is 0 Å². The molecule has 0 N–H and O–H groups in total. The van der Waals surface area contributed by atoms with Crippen LogP contribution in [0.1, 0.15) is 111 Å². The van der Waals surface area contributed by atoms with Crippen molar-refractivity contribution in [3.63, 3.8) is 0 Å². The number of carbonyl (C=O) groups excluding carboxylic acids is 2. The summed E-state index contributed by atoms with van der Waals surface area (Å²) in [7, 11) is 2.00. The number of aryl methyl sites for hydroxylation is 1. The van der Waals surface area contributed by atoms with E-state index in [0.29, 0.717) is 42.9 Å². The van der Waals surface area contributed by atoms with Crippen molar-refractivity contribution in [2.24, 2.45) is 13.0 Å². The lowest BCUT2D eigenvalue weighted by atomic mass is 9.98. The summed E-state index contributed by atoms with van der Waals surface area (Å²) in [4.78, 5) is 25.4. The average molecular weight is 546 g/mol. The summed E-state index contributed by atoms with van der Waals surface area (Å²) in [5.41, 5.74) is 5.95. The molecule has 0 amide bonds. The molecule has 0 bridgehead atoms. The predicted octanol–water partition coefficient (Wildman–Crippen LogP) is 8.21. The van der Waals surface area contributed by atoms with Crippen molar-refractivity contribution in [3.8, 4) is 5.75 Å². The summed E-state index contributed by atoms with van der Waals surface area (Å²) in [5.74, 6) is 1.20. The van der Waals surface area contributed by atoms with Crippen LogP contribution in [-0.2, 0) is 35.8 Å². The molecule has 216 valence electrons. The summed E-state index contributed by atoms with van der Waals surface area (Å²) >= 11 is 0. The van der Waals surface area contributed by atoms with Gasteiger partial charge in [-0.2, -0.15) is 0 Å². The van der Waals surface area contributed by atoms with Crippen LogP contribution in [-0.4, -0.2) is 22.9 Å². The molecule has 3 aromatic rings. The normalized spacial score (nSPS) is 12.0. The van der Waals surface area contributed by atoms with Crippen LogP contribution in [0.2, 0.25) is 0 Å². The van der Waals surface area contributed by atoms with Crippen LogP contribution in [0.25, 0.3) is 0 Å². The second kappa shape index (κ2) is 15.4. The van der Waals surface area contributed by atoms with E-state index in [1.807, 2.05) is 44.3 Å². The third-order valence-electron chi connectivity index (χ3n) is 7.37. The molecular formula is C35H47NO4. The highest BCUT2D eigenvalue weighted by Crippen LogP contribution is 2.29. The van der Waals surface area contributed by atoms with Gasteiger partial charge < -0.3 is 14.0 Å². The quantitative estimate of drug-likeness (QED) is 0.134. The Labute approximate surface area is 240 Å². The molecule has 0 aliphatic rings. The lowest BCUT2D eigenvalue weighted by molar-refractivity contribution is -0.143. The number of hydrogen-bond acceptors (Lipinski definition) is 4. The third-order valence-corrected chi connectivity index (χ3v) is 7.37. The molecule has 5 heteroatoms. The van der Waals surface area contributed by atoms with Gasteiger partial charge in [-0.1, -0.05) is 58.4 Å². The molecule has 1 aromatic heterocycles. The van der Waals surface area contributed by atoms with Gasteiger partial charge in [-0.15, -0.1) is 0 Å². The number of esters is 1. The van der Waals surface area contributed by atoms with Gasteiger partial charge >= 0.3 is 5.97 Å².